The summed E-state index contributed by atoms with van der Waals surface area (Å²) in [4.78, 5) is 34.7. The zero-order valence-electron chi connectivity index (χ0n) is 23.2. The first-order valence-electron chi connectivity index (χ1n) is 14.1. The predicted octanol–water partition coefficient (Wildman–Crippen LogP) is 5.35. The molecule has 2 aliphatic heterocycles. The Hall–Kier alpha value is -3.08. The third-order valence-electron chi connectivity index (χ3n) is 7.99. The van der Waals surface area contributed by atoms with Gasteiger partial charge in [-0.05, 0) is 87.4 Å². The number of carbonyl (C=O) groups is 2. The van der Waals surface area contributed by atoms with Gasteiger partial charge >= 0.3 is 6.03 Å². The molecule has 2 saturated heterocycles. The van der Waals surface area contributed by atoms with Gasteiger partial charge in [-0.3, -0.25) is 15.0 Å². The predicted molar refractivity (Wildman–Crippen MR) is 154 cm³/mol. The lowest BCUT2D eigenvalue weighted by molar-refractivity contribution is 0.0842. The van der Waals surface area contributed by atoms with Crippen molar-refractivity contribution in [2.75, 3.05) is 38.0 Å². The van der Waals surface area contributed by atoms with Gasteiger partial charge in [-0.15, -0.1) is 0 Å². The fourth-order valence-electron chi connectivity index (χ4n) is 6.06. The summed E-state index contributed by atoms with van der Waals surface area (Å²) in [5.41, 5.74) is 1.81. The van der Waals surface area contributed by atoms with Crippen LogP contribution in [-0.2, 0) is 13.0 Å². The Balaban J connectivity index is 1.22. The van der Waals surface area contributed by atoms with E-state index in [0.717, 1.165) is 57.7 Å². The number of nitrogens with zero attached hydrogens (tertiary/aromatic N) is 3. The average Bonchev–Trinajstić information content (AvgIpc) is 3.56. The molecule has 2 N–H and O–H groups in total. The molecule has 0 saturated carbocycles. The highest BCUT2D eigenvalue weighted by Gasteiger charge is 2.33. The molecule has 2 aliphatic rings. The van der Waals surface area contributed by atoms with E-state index in [-0.39, 0.29) is 23.7 Å². The largest absolute Gasteiger partial charge is 0.468 e. The average molecular weight is 568 g/mol. The van der Waals surface area contributed by atoms with Crippen molar-refractivity contribution in [1.29, 1.82) is 0 Å². The summed E-state index contributed by atoms with van der Waals surface area (Å²) in [7, 11) is 0. The second-order valence-corrected chi connectivity index (χ2v) is 12.2. The second kappa shape index (κ2) is 13.1. The molecule has 40 heavy (non-hydrogen) atoms. The Kier molecular flexibility index (Phi) is 9.29. The van der Waals surface area contributed by atoms with Gasteiger partial charge < -0.3 is 14.6 Å². The number of hydrogen-bond acceptors (Lipinski definition) is 7. The number of benzene rings is 1. The van der Waals surface area contributed by atoms with Crippen molar-refractivity contribution < 1.29 is 18.4 Å². The third-order valence-corrected chi connectivity index (χ3v) is 9.16. The van der Waals surface area contributed by atoms with Gasteiger partial charge in [0.15, 0.2) is 10.9 Å². The van der Waals surface area contributed by atoms with Crippen molar-refractivity contribution in [3.8, 4) is 0 Å². The van der Waals surface area contributed by atoms with Crippen molar-refractivity contribution in [3.05, 3.63) is 70.4 Å². The van der Waals surface area contributed by atoms with Crippen LogP contribution in [0.1, 0.15) is 52.9 Å². The number of anilines is 1. The molecule has 10 heteroatoms. The molecule has 214 valence electrons. The molecule has 8 nitrogen and oxygen atoms in total. The van der Waals surface area contributed by atoms with Crippen molar-refractivity contribution in [2.24, 2.45) is 11.8 Å². The molecular weight excluding hydrogens is 529 g/mol. The van der Waals surface area contributed by atoms with Crippen molar-refractivity contribution in [3.63, 3.8) is 0 Å². The maximum Gasteiger partial charge on any atom is 0.321 e. The molecule has 5 rings (SSSR count). The summed E-state index contributed by atoms with van der Waals surface area (Å²) in [6, 6.07) is 10.4. The number of piperidine rings is 2. The van der Waals surface area contributed by atoms with Crippen LogP contribution in [0.4, 0.5) is 14.3 Å². The molecule has 0 spiro atoms. The molecular formula is C30H38FN5O3S. The Morgan fingerprint density at radius 3 is 2.67 bits per heavy atom. The van der Waals surface area contributed by atoms with Gasteiger partial charge in [0, 0.05) is 32.6 Å². The van der Waals surface area contributed by atoms with Crippen LogP contribution >= 0.6 is 11.3 Å². The van der Waals surface area contributed by atoms with E-state index in [4.69, 9.17) is 4.42 Å². The first-order chi connectivity index (χ1) is 19.3. The maximum absolute atomic E-state index is 13.4. The van der Waals surface area contributed by atoms with Crippen LogP contribution in [0, 0.1) is 24.6 Å². The van der Waals surface area contributed by atoms with E-state index in [0.29, 0.717) is 34.1 Å². The molecule has 4 heterocycles. The number of thiazole rings is 1. The number of carbonyl (C=O) groups excluding carboxylic acids is 2. The second-order valence-electron chi connectivity index (χ2n) is 11.2. The molecule has 0 aliphatic carbocycles. The van der Waals surface area contributed by atoms with Gasteiger partial charge in [-0.25, -0.2) is 14.2 Å². The van der Waals surface area contributed by atoms with Gasteiger partial charge in [0.2, 0.25) is 0 Å². The molecule has 2 amide bonds. The normalized spacial score (nSPS) is 22.2. The summed E-state index contributed by atoms with van der Waals surface area (Å²) < 4.78 is 18.9. The topological polar surface area (TPSA) is 90.7 Å². The summed E-state index contributed by atoms with van der Waals surface area (Å²) in [5, 5.41) is 6.51. The van der Waals surface area contributed by atoms with Crippen molar-refractivity contribution in [2.45, 2.75) is 52.1 Å². The van der Waals surface area contributed by atoms with E-state index in [1.165, 1.54) is 30.2 Å². The minimum atomic E-state index is -0.300. The highest BCUT2D eigenvalue weighted by molar-refractivity contribution is 7.17. The summed E-state index contributed by atoms with van der Waals surface area (Å²) >= 11 is 1.21. The van der Waals surface area contributed by atoms with E-state index < -0.39 is 0 Å². The van der Waals surface area contributed by atoms with Gasteiger partial charge in [0.05, 0.1) is 23.4 Å². The fraction of sp³-hybridized carbons (Fsp3) is 0.500. The summed E-state index contributed by atoms with van der Waals surface area (Å²) in [6.07, 6.45) is 5.93. The monoisotopic (exact) mass is 567 g/mol. The van der Waals surface area contributed by atoms with E-state index in [1.54, 1.807) is 25.3 Å². The lowest BCUT2D eigenvalue weighted by Gasteiger charge is -2.42. The number of likely N-dealkylation sites (tertiary alicyclic amines) is 2. The smallest absolute Gasteiger partial charge is 0.321 e. The molecule has 0 bridgehead atoms. The first-order valence-corrected chi connectivity index (χ1v) is 14.9. The number of aryl methyl sites for hydroxylation is 1. The molecule has 2 aromatic heterocycles. The van der Waals surface area contributed by atoms with E-state index >= 15 is 0 Å². The lowest BCUT2D eigenvalue weighted by atomic mass is 9.87. The Bertz CT molecular complexity index is 1280. The van der Waals surface area contributed by atoms with Crippen LogP contribution in [0.15, 0.2) is 47.1 Å². The summed E-state index contributed by atoms with van der Waals surface area (Å²) in [6.45, 7) is 8.64. The van der Waals surface area contributed by atoms with Gasteiger partial charge in [-0.1, -0.05) is 23.5 Å². The van der Waals surface area contributed by atoms with Gasteiger partial charge in [-0.2, -0.15) is 0 Å². The zero-order valence-corrected chi connectivity index (χ0v) is 24.0. The van der Waals surface area contributed by atoms with Crippen LogP contribution in [0.3, 0.4) is 0 Å². The molecule has 3 atom stereocenters. The van der Waals surface area contributed by atoms with Crippen molar-refractivity contribution >= 4 is 28.3 Å². The van der Waals surface area contributed by atoms with Gasteiger partial charge in [0.1, 0.15) is 11.6 Å². The first kappa shape index (κ1) is 28.4. The third kappa shape index (κ3) is 7.56. The standard InChI is InChI=1S/C30H38FN5O3S/c1-20-28(21(2)37)40-30(32-20)34-29(38)33-27-19-36(18-26-6-4-14-39-26)13-11-24(27)17-35-12-3-5-23(16-35)15-22-7-9-25(31)10-8-22/h4,6-10,14,23-24,27H,3,5,11-13,15-19H2,1-2H3,(H2,32,33,34,38)/t23-,24-,27-/m0/s1. The highest BCUT2D eigenvalue weighted by Crippen LogP contribution is 2.27. The molecule has 0 radical (unpaired) electrons. The lowest BCUT2D eigenvalue weighted by Crippen LogP contribution is -2.56. The minimum absolute atomic E-state index is 0.0467. The van der Waals surface area contributed by atoms with Crippen LogP contribution in [0.5, 0.6) is 0 Å². The van der Waals surface area contributed by atoms with Crippen LogP contribution in [0.2, 0.25) is 0 Å². The SMILES string of the molecule is CC(=O)c1sc(NC(=O)N[C@H]2CN(Cc3ccco3)CC[C@H]2CN2CCC[C@@H](Cc3ccc(F)cc3)C2)nc1C. The Morgan fingerprint density at radius 2 is 1.95 bits per heavy atom. The Labute approximate surface area is 239 Å². The van der Waals surface area contributed by atoms with E-state index in [2.05, 4.69) is 25.4 Å². The number of furan rings is 1. The number of urea groups is 1. The number of rotatable bonds is 9. The molecule has 0 unspecified atom stereocenters. The number of ketones is 1. The number of hydrogen-bond donors (Lipinski definition) is 2. The minimum Gasteiger partial charge on any atom is -0.468 e. The van der Waals surface area contributed by atoms with Gasteiger partial charge in [0.25, 0.3) is 0 Å². The van der Waals surface area contributed by atoms with Crippen LogP contribution < -0.4 is 10.6 Å². The zero-order chi connectivity index (χ0) is 28.1. The molecule has 3 aromatic rings. The number of halogens is 1. The highest BCUT2D eigenvalue weighted by atomic mass is 32.1. The quantitative estimate of drug-likeness (QED) is 0.339. The van der Waals surface area contributed by atoms with E-state index in [9.17, 15) is 14.0 Å². The van der Waals surface area contributed by atoms with E-state index in [1.807, 2.05) is 24.3 Å². The maximum atomic E-state index is 13.4. The van der Waals surface area contributed by atoms with Crippen molar-refractivity contribution in [1.82, 2.24) is 20.1 Å². The Morgan fingerprint density at radius 1 is 1.12 bits per heavy atom. The fourth-order valence-corrected chi connectivity index (χ4v) is 6.92. The van der Waals surface area contributed by atoms with Crippen LogP contribution in [0.25, 0.3) is 0 Å². The molecule has 1 aromatic carbocycles. The van der Waals surface area contributed by atoms with Crippen LogP contribution in [-0.4, -0.2) is 65.4 Å². The number of amides is 2. The number of aromatic nitrogens is 1. The summed E-state index contributed by atoms with van der Waals surface area (Å²) in [5.74, 6) is 1.50. The number of nitrogens with one attached hydrogen (secondary N) is 2. The number of Topliss-reactive ketones (excluding diaryl/α,β-unsaturated/α-hetero) is 1. The molecule has 2 fully saturated rings.